The first-order valence-corrected chi connectivity index (χ1v) is 6.85. The van der Waals surface area contributed by atoms with Gasteiger partial charge in [0.25, 0.3) is 0 Å². The third kappa shape index (κ3) is 4.11. The van der Waals surface area contributed by atoms with Crippen LogP contribution in [-0.4, -0.2) is 5.71 Å². The maximum atomic E-state index is 4.70. The van der Waals surface area contributed by atoms with Crippen LogP contribution in [0.4, 0.5) is 0 Å². The molecular weight excluding hydrogens is 263 g/mol. The summed E-state index contributed by atoms with van der Waals surface area (Å²) in [4.78, 5) is 4.70. The zero-order valence-corrected chi connectivity index (χ0v) is 12.6. The number of hydrogen-bond acceptors (Lipinski definition) is 1. The van der Waals surface area contributed by atoms with Gasteiger partial charge in [0, 0.05) is 17.3 Å². The molecule has 0 aliphatic carbocycles. The zero-order chi connectivity index (χ0) is 14.3. The van der Waals surface area contributed by atoms with Gasteiger partial charge >= 0.3 is 18.9 Å². The number of hydrogen-bond donors (Lipinski definition) is 0. The van der Waals surface area contributed by atoms with Crippen molar-refractivity contribution in [3.63, 3.8) is 0 Å². The molecule has 0 radical (unpaired) electrons. The van der Waals surface area contributed by atoms with Crippen LogP contribution in [0.25, 0.3) is 5.32 Å². The van der Waals surface area contributed by atoms with Gasteiger partial charge in [0.1, 0.15) is 0 Å². The fourth-order valence-electron chi connectivity index (χ4n) is 2.10. The van der Waals surface area contributed by atoms with E-state index >= 15 is 0 Å². The number of benzene rings is 2. The van der Waals surface area contributed by atoms with E-state index in [9.17, 15) is 0 Å². The number of nitrogens with zero attached hydrogens (tertiary/aromatic N) is 2. The van der Waals surface area contributed by atoms with E-state index in [1.54, 1.807) is 12.4 Å². The molecule has 1 aliphatic rings. The van der Waals surface area contributed by atoms with Crippen LogP contribution in [0.5, 0.6) is 0 Å². The topological polar surface area (TPSA) is 26.5 Å². The molecule has 0 unspecified atom stereocenters. The molecule has 0 atom stereocenters. The van der Waals surface area contributed by atoms with Crippen molar-refractivity contribution in [1.82, 2.24) is 0 Å². The van der Waals surface area contributed by atoms with Gasteiger partial charge in [-0.05, 0) is 5.57 Å². The molecule has 0 saturated heterocycles. The summed E-state index contributed by atoms with van der Waals surface area (Å²) >= 11 is 0. The van der Waals surface area contributed by atoms with Crippen LogP contribution < -0.4 is 18.9 Å². The molecule has 0 aromatic heterocycles. The first-order valence-electron chi connectivity index (χ1n) is 6.85. The Balaban J connectivity index is 0.00000176. The monoisotopic (exact) mass is 278 g/mol. The van der Waals surface area contributed by atoms with Crippen LogP contribution >= 0.6 is 0 Å². The Bertz CT molecular complexity index is 658. The Labute approximate surface area is 143 Å². The Morgan fingerprint density at radius 3 is 1.77 bits per heavy atom. The second-order valence-electron chi connectivity index (χ2n) is 4.62. The second kappa shape index (κ2) is 8.24. The molecule has 0 saturated carbocycles. The predicted octanol–water partition coefficient (Wildman–Crippen LogP) is 1.83. The van der Waals surface area contributed by atoms with E-state index in [2.05, 4.69) is 29.6 Å². The average molecular weight is 278 g/mol. The van der Waals surface area contributed by atoms with Crippen molar-refractivity contribution in [2.45, 2.75) is 0 Å². The molecule has 2 aromatic carbocycles. The van der Waals surface area contributed by atoms with Crippen molar-refractivity contribution in [2.75, 3.05) is 0 Å². The van der Waals surface area contributed by atoms with Crippen LogP contribution in [0.2, 0.25) is 0 Å². The molecule has 0 bridgehead atoms. The zero-order valence-electron chi connectivity index (χ0n) is 12.6. The van der Waals surface area contributed by atoms with Gasteiger partial charge in [-0.1, -0.05) is 72.8 Å². The maximum Gasteiger partial charge on any atom is 1.00 e. The maximum absolute atomic E-state index is 4.70. The van der Waals surface area contributed by atoms with E-state index < -0.39 is 0 Å². The van der Waals surface area contributed by atoms with Crippen molar-refractivity contribution in [1.29, 1.82) is 0 Å². The van der Waals surface area contributed by atoms with E-state index in [1.165, 1.54) is 0 Å². The minimum absolute atomic E-state index is 0. The van der Waals surface area contributed by atoms with Gasteiger partial charge in [0.15, 0.2) is 0 Å². The van der Waals surface area contributed by atoms with E-state index in [1.807, 2.05) is 54.8 Å². The normalized spacial score (nSPS) is 12.1. The predicted molar refractivity (Wildman–Crippen MR) is 88.2 cm³/mol. The summed E-state index contributed by atoms with van der Waals surface area (Å²) < 4.78 is 0. The molecule has 102 valence electrons. The molecule has 1 heterocycles. The van der Waals surface area contributed by atoms with Gasteiger partial charge in [0.05, 0.1) is 5.71 Å². The molecule has 0 N–H and O–H groups in total. The first-order chi connectivity index (χ1) is 10.4. The molecule has 0 spiro atoms. The first kappa shape index (κ1) is 16.1. The van der Waals surface area contributed by atoms with Crippen molar-refractivity contribution < 1.29 is 18.9 Å². The largest absolute Gasteiger partial charge is 1.00 e. The minimum Gasteiger partial charge on any atom is -0.670 e. The molecule has 0 fully saturated rings. The Kier molecular flexibility index (Phi) is 6.03. The Hall–Kier alpha value is -2.27. The Morgan fingerprint density at radius 2 is 1.27 bits per heavy atom. The number of allylic oxidation sites excluding steroid dienone is 3. The summed E-state index contributed by atoms with van der Waals surface area (Å²) in [6.07, 6.45) is 9.29. The standard InChI is InChI=1S/C19H15N2.Li/c1-3-7-17(8-4-1)19(18-9-5-2-6-10-18)21-15-16-11-13-20-14-12-16;/h1-15H;/q-1;+1. The van der Waals surface area contributed by atoms with Gasteiger partial charge in [-0.2, -0.15) is 12.4 Å². The molecule has 0 amide bonds. The molecule has 22 heavy (non-hydrogen) atoms. The van der Waals surface area contributed by atoms with E-state index in [-0.39, 0.29) is 18.9 Å². The molecular formula is C19H15LiN2. The summed E-state index contributed by atoms with van der Waals surface area (Å²) in [5.74, 6) is 0. The molecule has 3 heteroatoms. The van der Waals surface area contributed by atoms with Gasteiger partial charge in [-0.25, -0.2) is 0 Å². The molecule has 3 rings (SSSR count). The van der Waals surface area contributed by atoms with E-state index in [4.69, 9.17) is 4.99 Å². The van der Waals surface area contributed by atoms with E-state index in [0.717, 1.165) is 22.4 Å². The van der Waals surface area contributed by atoms with Gasteiger partial charge in [-0.3, -0.25) is 4.99 Å². The van der Waals surface area contributed by atoms with Gasteiger partial charge < -0.3 is 5.32 Å². The van der Waals surface area contributed by atoms with Crippen molar-refractivity contribution in [3.05, 3.63) is 113 Å². The van der Waals surface area contributed by atoms with E-state index in [0.29, 0.717) is 0 Å². The second-order valence-corrected chi connectivity index (χ2v) is 4.62. The SMILES string of the molecule is C1=CC(=CN=C(c2ccccc2)c2ccccc2)C=C[N-]1.[Li+]. The summed E-state index contributed by atoms with van der Waals surface area (Å²) in [5, 5.41) is 4.02. The van der Waals surface area contributed by atoms with Gasteiger partial charge in [0.2, 0.25) is 0 Å². The summed E-state index contributed by atoms with van der Waals surface area (Å²) in [5.41, 5.74) is 4.21. The fourth-order valence-corrected chi connectivity index (χ4v) is 2.10. The molecule has 2 nitrogen and oxygen atoms in total. The van der Waals surface area contributed by atoms with Gasteiger partial charge in [-0.15, -0.1) is 0 Å². The third-order valence-corrected chi connectivity index (χ3v) is 3.14. The average Bonchev–Trinajstić information content (AvgIpc) is 2.58. The Morgan fingerprint density at radius 1 is 0.773 bits per heavy atom. The fraction of sp³-hybridized carbons (Fsp3) is 0. The van der Waals surface area contributed by atoms with Crippen LogP contribution in [0.15, 0.2) is 102 Å². The van der Waals surface area contributed by atoms with Crippen LogP contribution in [-0.2, 0) is 0 Å². The third-order valence-electron chi connectivity index (χ3n) is 3.14. The summed E-state index contributed by atoms with van der Waals surface area (Å²) in [6.45, 7) is 0. The molecule has 2 aromatic rings. The van der Waals surface area contributed by atoms with Crippen LogP contribution in [0, 0.1) is 0 Å². The van der Waals surface area contributed by atoms with Crippen molar-refractivity contribution in [3.8, 4) is 0 Å². The number of aliphatic imine (C=N–C) groups is 1. The quantitative estimate of drug-likeness (QED) is 0.605. The summed E-state index contributed by atoms with van der Waals surface area (Å²) in [7, 11) is 0. The summed E-state index contributed by atoms with van der Waals surface area (Å²) in [6, 6.07) is 20.4. The minimum atomic E-state index is 0. The van der Waals surface area contributed by atoms with Crippen molar-refractivity contribution in [2.24, 2.45) is 4.99 Å². The van der Waals surface area contributed by atoms with Crippen LogP contribution in [0.3, 0.4) is 0 Å². The molecule has 1 aliphatic heterocycles. The van der Waals surface area contributed by atoms with Crippen LogP contribution in [0.1, 0.15) is 11.1 Å². The smallest absolute Gasteiger partial charge is 0.670 e. The van der Waals surface area contributed by atoms with Crippen molar-refractivity contribution >= 4 is 5.71 Å². The number of rotatable bonds is 3.